The van der Waals surface area contributed by atoms with E-state index in [1.165, 1.54) is 6.26 Å². The first-order valence-electron chi connectivity index (χ1n) is 8.97. The zero-order valence-electron chi connectivity index (χ0n) is 16.3. The van der Waals surface area contributed by atoms with E-state index >= 15 is 0 Å². The van der Waals surface area contributed by atoms with E-state index in [1.807, 2.05) is 19.1 Å². The maximum atomic E-state index is 11.5. The number of ether oxygens (including phenoxy) is 1. The summed E-state index contributed by atoms with van der Waals surface area (Å²) in [5, 5.41) is 7.16. The van der Waals surface area contributed by atoms with Crippen LogP contribution < -0.4 is 15.4 Å². The molecule has 0 aliphatic carbocycles. The van der Waals surface area contributed by atoms with Crippen LogP contribution in [-0.2, 0) is 22.8 Å². The zero-order valence-corrected chi connectivity index (χ0v) is 17.9. The molecular formula is C20H26ClN3O3S. The molecule has 0 heterocycles. The number of nitrogens with zero attached hydrogens (tertiary/aromatic N) is 1. The normalized spacial score (nSPS) is 11.9. The molecular weight excluding hydrogens is 398 g/mol. The van der Waals surface area contributed by atoms with Crippen molar-refractivity contribution in [3.8, 4) is 5.75 Å². The van der Waals surface area contributed by atoms with Crippen molar-refractivity contribution in [3.63, 3.8) is 0 Å². The Morgan fingerprint density at radius 3 is 2.43 bits per heavy atom. The Balaban J connectivity index is 1.95. The zero-order chi connectivity index (χ0) is 20.6. The summed E-state index contributed by atoms with van der Waals surface area (Å²) in [5.41, 5.74) is 1.96. The fourth-order valence-electron chi connectivity index (χ4n) is 2.53. The Kier molecular flexibility index (Phi) is 8.14. The highest BCUT2D eigenvalue weighted by atomic mass is 35.5. The van der Waals surface area contributed by atoms with E-state index in [4.69, 9.17) is 16.3 Å². The van der Waals surface area contributed by atoms with Crippen molar-refractivity contribution in [1.29, 1.82) is 0 Å². The van der Waals surface area contributed by atoms with Gasteiger partial charge in [-0.05, 0) is 48.7 Å². The molecule has 0 atom stereocenters. The van der Waals surface area contributed by atoms with Crippen molar-refractivity contribution < 1.29 is 13.2 Å². The summed E-state index contributed by atoms with van der Waals surface area (Å²) in [5.74, 6) is 1.43. The van der Waals surface area contributed by atoms with Gasteiger partial charge in [-0.25, -0.2) is 13.4 Å². The molecule has 0 aliphatic heterocycles. The van der Waals surface area contributed by atoms with Crippen molar-refractivity contribution in [2.24, 2.45) is 4.99 Å². The van der Waals surface area contributed by atoms with Crippen molar-refractivity contribution in [2.45, 2.75) is 24.8 Å². The minimum absolute atomic E-state index is 0.307. The number of benzene rings is 2. The van der Waals surface area contributed by atoms with Gasteiger partial charge in [0, 0.05) is 24.4 Å². The average Bonchev–Trinajstić information content (AvgIpc) is 2.66. The predicted molar refractivity (Wildman–Crippen MR) is 114 cm³/mol. The minimum atomic E-state index is -3.19. The second kappa shape index (κ2) is 10.3. The van der Waals surface area contributed by atoms with E-state index in [1.54, 1.807) is 37.4 Å². The molecule has 0 radical (unpaired) electrons. The van der Waals surface area contributed by atoms with Crippen LogP contribution in [0.25, 0.3) is 0 Å². The van der Waals surface area contributed by atoms with Crippen LogP contribution >= 0.6 is 11.6 Å². The van der Waals surface area contributed by atoms with Crippen LogP contribution in [0, 0.1) is 0 Å². The summed E-state index contributed by atoms with van der Waals surface area (Å²) >= 11 is 6.27. The highest BCUT2D eigenvalue weighted by Gasteiger charge is 2.06. The third kappa shape index (κ3) is 6.73. The third-order valence-electron chi connectivity index (χ3n) is 4.06. The number of hydrogen-bond acceptors (Lipinski definition) is 4. The second-order valence-electron chi connectivity index (χ2n) is 6.25. The van der Waals surface area contributed by atoms with Gasteiger partial charge in [0.15, 0.2) is 15.8 Å². The monoisotopic (exact) mass is 423 g/mol. The highest BCUT2D eigenvalue weighted by Crippen LogP contribution is 2.22. The number of nitrogens with one attached hydrogen (secondary N) is 2. The number of rotatable bonds is 8. The number of halogens is 1. The number of hydrogen-bond donors (Lipinski definition) is 2. The Labute approximate surface area is 171 Å². The Morgan fingerprint density at radius 2 is 1.86 bits per heavy atom. The van der Waals surface area contributed by atoms with Crippen molar-refractivity contribution >= 4 is 27.4 Å². The van der Waals surface area contributed by atoms with Crippen LogP contribution in [0.4, 0.5) is 0 Å². The molecule has 2 aromatic carbocycles. The van der Waals surface area contributed by atoms with E-state index in [0.717, 1.165) is 29.8 Å². The maximum Gasteiger partial charge on any atom is 0.191 e. The first-order chi connectivity index (χ1) is 13.3. The molecule has 0 spiro atoms. The van der Waals surface area contributed by atoms with E-state index in [2.05, 4.69) is 15.6 Å². The molecule has 8 heteroatoms. The Hall–Kier alpha value is -2.25. The SMILES string of the molecule is CCNC(=NCc1ccc(S(C)(=O)=O)cc1)NCCc1ccc(OC)cc1Cl. The molecule has 0 amide bonds. The van der Waals surface area contributed by atoms with Gasteiger partial charge in [-0.1, -0.05) is 29.8 Å². The fraction of sp³-hybridized carbons (Fsp3) is 0.350. The van der Waals surface area contributed by atoms with Gasteiger partial charge in [0.1, 0.15) is 5.75 Å². The van der Waals surface area contributed by atoms with Gasteiger partial charge in [-0.3, -0.25) is 0 Å². The van der Waals surface area contributed by atoms with Gasteiger partial charge < -0.3 is 15.4 Å². The first-order valence-corrected chi connectivity index (χ1v) is 11.2. The van der Waals surface area contributed by atoms with Crippen LogP contribution in [0.1, 0.15) is 18.1 Å². The molecule has 28 heavy (non-hydrogen) atoms. The molecule has 0 saturated carbocycles. The molecule has 0 saturated heterocycles. The molecule has 0 bridgehead atoms. The Morgan fingerprint density at radius 1 is 1.14 bits per heavy atom. The first kappa shape index (κ1) is 22.0. The minimum Gasteiger partial charge on any atom is -0.497 e. The van der Waals surface area contributed by atoms with Crippen LogP contribution in [0.5, 0.6) is 5.75 Å². The average molecular weight is 424 g/mol. The lowest BCUT2D eigenvalue weighted by atomic mass is 10.1. The number of guanidine groups is 1. The highest BCUT2D eigenvalue weighted by molar-refractivity contribution is 7.90. The summed E-state index contributed by atoms with van der Waals surface area (Å²) in [6.45, 7) is 3.86. The van der Waals surface area contributed by atoms with Crippen molar-refractivity contribution in [3.05, 3.63) is 58.6 Å². The number of methoxy groups -OCH3 is 1. The molecule has 0 unspecified atom stereocenters. The van der Waals surface area contributed by atoms with Gasteiger partial charge in [-0.2, -0.15) is 0 Å². The quantitative estimate of drug-likeness (QED) is 0.504. The Bertz CT molecular complexity index is 913. The van der Waals surface area contributed by atoms with Crippen molar-refractivity contribution in [1.82, 2.24) is 10.6 Å². The topological polar surface area (TPSA) is 79.8 Å². The number of aliphatic imine (C=N–C) groups is 1. The van der Waals surface area contributed by atoms with Crippen LogP contribution in [-0.4, -0.2) is 40.8 Å². The lowest BCUT2D eigenvalue weighted by molar-refractivity contribution is 0.414. The second-order valence-corrected chi connectivity index (χ2v) is 8.67. The fourth-order valence-corrected chi connectivity index (χ4v) is 3.42. The van der Waals surface area contributed by atoms with Gasteiger partial charge in [0.2, 0.25) is 0 Å². The standard InChI is InChI=1S/C20H26ClN3O3S/c1-4-22-20(23-12-11-16-7-8-17(27-2)13-19(16)21)24-14-15-5-9-18(10-6-15)28(3,25)26/h5-10,13H,4,11-12,14H2,1-3H3,(H2,22,23,24). The predicted octanol–water partition coefficient (Wildman–Crippen LogP) is 3.05. The van der Waals surface area contributed by atoms with Gasteiger partial charge in [0.25, 0.3) is 0 Å². The van der Waals surface area contributed by atoms with E-state index in [0.29, 0.717) is 29.0 Å². The largest absolute Gasteiger partial charge is 0.497 e. The van der Waals surface area contributed by atoms with Crippen molar-refractivity contribution in [2.75, 3.05) is 26.5 Å². The van der Waals surface area contributed by atoms with Crippen LogP contribution in [0.15, 0.2) is 52.4 Å². The molecule has 2 aromatic rings. The molecule has 2 rings (SSSR count). The van der Waals surface area contributed by atoms with E-state index in [9.17, 15) is 8.42 Å². The van der Waals surface area contributed by atoms with Crippen LogP contribution in [0.3, 0.4) is 0 Å². The van der Waals surface area contributed by atoms with Gasteiger partial charge in [0.05, 0.1) is 18.6 Å². The lowest BCUT2D eigenvalue weighted by Crippen LogP contribution is -2.38. The lowest BCUT2D eigenvalue weighted by Gasteiger charge is -2.12. The van der Waals surface area contributed by atoms with Crippen LogP contribution in [0.2, 0.25) is 5.02 Å². The maximum absolute atomic E-state index is 11.5. The molecule has 0 aromatic heterocycles. The van der Waals surface area contributed by atoms with E-state index in [-0.39, 0.29) is 0 Å². The molecule has 0 fully saturated rings. The molecule has 152 valence electrons. The molecule has 6 nitrogen and oxygen atoms in total. The summed E-state index contributed by atoms with van der Waals surface area (Å²) < 4.78 is 28.2. The van der Waals surface area contributed by atoms with Gasteiger partial charge in [-0.15, -0.1) is 0 Å². The summed E-state index contributed by atoms with van der Waals surface area (Å²) in [7, 11) is -1.57. The summed E-state index contributed by atoms with van der Waals surface area (Å²) in [6, 6.07) is 12.4. The van der Waals surface area contributed by atoms with E-state index < -0.39 is 9.84 Å². The summed E-state index contributed by atoms with van der Waals surface area (Å²) in [4.78, 5) is 4.86. The molecule has 0 aliphatic rings. The summed E-state index contributed by atoms with van der Waals surface area (Å²) in [6.07, 6.45) is 1.94. The third-order valence-corrected chi connectivity index (χ3v) is 5.54. The number of sulfone groups is 1. The van der Waals surface area contributed by atoms with Gasteiger partial charge >= 0.3 is 0 Å². The molecule has 2 N–H and O–H groups in total. The smallest absolute Gasteiger partial charge is 0.191 e.